The van der Waals surface area contributed by atoms with Gasteiger partial charge in [-0.2, -0.15) is 0 Å². The van der Waals surface area contributed by atoms with E-state index in [1.54, 1.807) is 81.7 Å². The van der Waals surface area contributed by atoms with E-state index >= 15 is 0 Å². The highest BCUT2D eigenvalue weighted by Crippen LogP contribution is 2.38. The smallest absolute Gasteiger partial charge is 0.265 e. The third-order valence-electron chi connectivity index (χ3n) is 13.4. The first-order valence-electron chi connectivity index (χ1n) is 30.2. The van der Waals surface area contributed by atoms with E-state index < -0.39 is 22.7 Å². The van der Waals surface area contributed by atoms with Crippen LogP contribution in [0.3, 0.4) is 0 Å². The number of halogens is 4. The van der Waals surface area contributed by atoms with Crippen molar-refractivity contribution >= 4 is 0 Å². The first-order chi connectivity index (χ1) is 34.7. The molecule has 13 heteroatoms. The average Bonchev–Trinajstić information content (AvgIpc) is 3.16. The Bertz CT molecular complexity index is 1400. The van der Waals surface area contributed by atoms with Gasteiger partial charge in [0.2, 0.25) is 0 Å². The number of methoxy groups -OCH3 is 1. The minimum absolute atomic E-state index is 0.00993. The predicted molar refractivity (Wildman–Crippen MR) is 355 cm³/mol. The van der Waals surface area contributed by atoms with Crippen molar-refractivity contribution in [2.75, 3.05) is 150 Å². The lowest BCUT2D eigenvalue weighted by Gasteiger charge is -2.44. The summed E-state index contributed by atoms with van der Waals surface area (Å²) in [6.07, 6.45) is -0.0660. The number of alkyl halides is 4. The molecule has 0 saturated carbocycles. The maximum atomic E-state index is 13.3. The Morgan fingerprint density at radius 2 is 0.800 bits per heavy atom. The zero-order valence-electron chi connectivity index (χ0n) is 62.9. The van der Waals surface area contributed by atoms with Gasteiger partial charge >= 0.3 is 0 Å². The second-order valence-electron chi connectivity index (χ2n) is 33.3. The number of hydrogen-bond acceptors (Lipinski definition) is 9. The van der Waals surface area contributed by atoms with Gasteiger partial charge < -0.3 is 43.8 Å². The van der Waals surface area contributed by atoms with Crippen molar-refractivity contribution in [1.82, 2.24) is 34.3 Å². The van der Waals surface area contributed by atoms with Crippen LogP contribution in [0.15, 0.2) is 0 Å². The predicted octanol–water partition coefficient (Wildman–Crippen LogP) is 17.2. The molecule has 0 aliphatic heterocycles. The van der Waals surface area contributed by atoms with E-state index in [-0.39, 0.29) is 24.1 Å². The molecule has 0 bridgehead atoms. The number of nitrogens with zero attached hydrogens (tertiary/aromatic N) is 7. The van der Waals surface area contributed by atoms with Crippen molar-refractivity contribution in [3.63, 3.8) is 0 Å². The van der Waals surface area contributed by atoms with Gasteiger partial charge in [-0.3, -0.25) is 0 Å². The summed E-state index contributed by atoms with van der Waals surface area (Å²) in [4.78, 5) is 14.7. The van der Waals surface area contributed by atoms with Gasteiger partial charge in [0, 0.05) is 68.7 Å². The quantitative estimate of drug-likeness (QED) is 0.133. The first kappa shape index (κ1) is 95.7. The molecule has 80 heavy (non-hydrogen) atoms. The monoisotopic (exact) mass is 1160 g/mol. The Morgan fingerprint density at radius 1 is 0.425 bits per heavy atom. The van der Waals surface area contributed by atoms with Crippen LogP contribution in [-0.4, -0.2) is 214 Å². The fourth-order valence-electron chi connectivity index (χ4n) is 6.02. The molecular formula is C67H153F4N7O2. The molecule has 0 aromatic rings. The molecule has 0 aromatic carbocycles. The molecule has 9 nitrogen and oxygen atoms in total. The maximum Gasteiger partial charge on any atom is 0.265 e. The van der Waals surface area contributed by atoms with E-state index in [9.17, 15) is 17.6 Å². The summed E-state index contributed by atoms with van der Waals surface area (Å²) in [7, 11) is 23.4. The van der Waals surface area contributed by atoms with Gasteiger partial charge in [0.05, 0.1) is 25.4 Å². The maximum absolute atomic E-state index is 13.3. The van der Waals surface area contributed by atoms with Crippen molar-refractivity contribution in [1.29, 1.82) is 0 Å². The van der Waals surface area contributed by atoms with Crippen LogP contribution < -0.4 is 0 Å². The molecule has 0 heterocycles. The van der Waals surface area contributed by atoms with Crippen LogP contribution in [-0.2, 0) is 9.47 Å². The highest BCUT2D eigenvalue weighted by Gasteiger charge is 2.43. The van der Waals surface area contributed by atoms with Gasteiger partial charge in [0.25, 0.3) is 11.8 Å². The fraction of sp³-hybridized carbons (Fsp3) is 1.00. The topological polar surface area (TPSA) is 41.1 Å². The molecule has 0 aliphatic rings. The molecule has 0 aromatic heterocycles. The molecule has 1 unspecified atom stereocenters. The lowest BCUT2D eigenvalue weighted by atomic mass is 9.75. The molecule has 0 rings (SSSR count). The second-order valence-corrected chi connectivity index (χ2v) is 33.3. The van der Waals surface area contributed by atoms with Crippen molar-refractivity contribution in [2.45, 2.75) is 250 Å². The summed E-state index contributed by atoms with van der Waals surface area (Å²) in [6, 6.07) is 0.680. The summed E-state index contributed by atoms with van der Waals surface area (Å²) in [6.45, 7) is 73.9. The van der Waals surface area contributed by atoms with Crippen molar-refractivity contribution in [2.24, 2.45) is 43.8 Å². The molecular weight excluding hydrogens is 1010 g/mol. The minimum atomic E-state index is -2.61. The lowest BCUT2D eigenvalue weighted by Crippen LogP contribution is -2.48. The van der Waals surface area contributed by atoms with Crippen LogP contribution >= 0.6 is 0 Å². The van der Waals surface area contributed by atoms with E-state index in [0.717, 1.165) is 38.8 Å². The standard InChI is InChI=1S/C10H23N.C9H19F2N.2C9H21N.C8H17F2N.C8H19NO.C8H19N.C6H14O/c1-7-11(9(2)3)8-10(4,5)6;1-8(2,3)9(10,11)6-7-12(4)5;1-8(7-10(5)6)9(2,3)4;1-8(2,3)9(4,5)10(6)7;1-7(2,3)8(9,10)6-11(4)5;1-8(2,3)10-7-6-9(4)5;1-6-9(5)7-8(2,3)4;1-6(2,3)5-7-4/h9H,7-8H2,1-6H3;6-7H2,1-5H3;8H,7H2,1-6H3;1-7H3;6H2,1-5H3;6-7H2,1-5H3;6-7H2,1-5H3;5H2,1-4H3. The summed E-state index contributed by atoms with van der Waals surface area (Å²) in [5.74, 6) is -4.42. The molecule has 0 spiro atoms. The fourth-order valence-corrected chi connectivity index (χ4v) is 6.02. The summed E-state index contributed by atoms with van der Waals surface area (Å²) in [5, 5.41) is 0. The van der Waals surface area contributed by atoms with Crippen LogP contribution in [0, 0.1) is 43.8 Å². The Labute approximate surface area is 503 Å². The highest BCUT2D eigenvalue weighted by molar-refractivity contribution is 4.89. The van der Waals surface area contributed by atoms with E-state index in [0.29, 0.717) is 39.7 Å². The lowest BCUT2D eigenvalue weighted by molar-refractivity contribution is -0.109. The molecule has 0 radical (unpaired) electrons. The van der Waals surface area contributed by atoms with Crippen molar-refractivity contribution in [3.05, 3.63) is 0 Å². The van der Waals surface area contributed by atoms with Crippen LogP contribution in [0.25, 0.3) is 0 Å². The third kappa shape index (κ3) is 66.5. The van der Waals surface area contributed by atoms with Gasteiger partial charge in [-0.15, -0.1) is 0 Å². The summed E-state index contributed by atoms with van der Waals surface area (Å²) < 4.78 is 63.2. The Kier molecular flexibility index (Phi) is 50.5. The molecule has 0 N–H and O–H groups in total. The van der Waals surface area contributed by atoms with Gasteiger partial charge in [-0.1, -0.05) is 166 Å². The normalized spacial score (nSPS) is 13.7. The average molecular weight is 1160 g/mol. The summed E-state index contributed by atoms with van der Waals surface area (Å²) >= 11 is 0. The molecule has 496 valence electrons. The van der Waals surface area contributed by atoms with Crippen molar-refractivity contribution in [3.8, 4) is 0 Å². The zero-order chi connectivity index (χ0) is 66.9. The Balaban J connectivity index is -0.000000124. The number of ether oxygens (including phenoxy) is 2. The van der Waals surface area contributed by atoms with E-state index in [4.69, 9.17) is 9.47 Å². The van der Waals surface area contributed by atoms with E-state index in [1.165, 1.54) is 24.5 Å². The van der Waals surface area contributed by atoms with Crippen LogP contribution in [0.4, 0.5) is 17.6 Å². The largest absolute Gasteiger partial charge is 0.384 e. The molecule has 0 aliphatic carbocycles. The van der Waals surface area contributed by atoms with E-state index in [2.05, 4.69) is 233 Å². The van der Waals surface area contributed by atoms with Gasteiger partial charge in [-0.25, -0.2) is 17.6 Å². The van der Waals surface area contributed by atoms with Crippen LogP contribution in [0.5, 0.6) is 0 Å². The molecule has 0 amide bonds. The number of hydrogen-bond donors (Lipinski definition) is 0. The zero-order valence-corrected chi connectivity index (χ0v) is 62.9. The second kappa shape index (κ2) is 42.2. The Hall–Kier alpha value is -0.640. The molecule has 0 fully saturated rings. The molecule has 1 atom stereocenters. The number of likely N-dealkylation sites (N-methyl/N-ethyl adjacent to an activating group) is 1. The first-order valence-corrected chi connectivity index (χ1v) is 30.2. The van der Waals surface area contributed by atoms with Gasteiger partial charge in [0.15, 0.2) is 0 Å². The van der Waals surface area contributed by atoms with Crippen molar-refractivity contribution < 1.29 is 27.0 Å². The van der Waals surface area contributed by atoms with Crippen LogP contribution in [0.1, 0.15) is 221 Å². The van der Waals surface area contributed by atoms with E-state index in [1.807, 2.05) is 14.1 Å². The highest BCUT2D eigenvalue weighted by atomic mass is 19.3. The third-order valence-corrected chi connectivity index (χ3v) is 13.4. The summed E-state index contributed by atoms with van der Waals surface area (Å²) in [5.41, 5.74) is 0.407. The number of rotatable bonds is 17. The SMILES string of the molecule is CC(CN(C)C)C(C)(C)C.CCN(C)CC(C)(C)C.CCN(CC(C)(C)C)C(C)C.CN(C)C(C)(C)C(C)(C)C.CN(C)CC(F)(F)C(C)(C)C.CN(C)CCC(F)(F)C(C)(C)C.CN(C)CCOC(C)(C)C.COCC(C)(C)C. The minimum Gasteiger partial charge on any atom is -0.384 e. The van der Waals surface area contributed by atoms with Crippen LogP contribution in [0.2, 0.25) is 0 Å². The van der Waals surface area contributed by atoms with Gasteiger partial charge in [-0.05, 0) is 172 Å². The Morgan fingerprint density at radius 3 is 0.925 bits per heavy atom. The van der Waals surface area contributed by atoms with Gasteiger partial charge in [0.1, 0.15) is 0 Å². The molecule has 0 saturated heterocycles.